The Hall–Kier alpha value is -1.83. The molecule has 0 aromatic heterocycles. The fourth-order valence-electron chi connectivity index (χ4n) is 2.38. The molecule has 3 rings (SSSR count). The summed E-state index contributed by atoms with van der Waals surface area (Å²) in [7, 11) is 3.18. The van der Waals surface area contributed by atoms with E-state index < -0.39 is 0 Å². The van der Waals surface area contributed by atoms with Crippen LogP contribution in [0, 0.1) is 0 Å². The van der Waals surface area contributed by atoms with Gasteiger partial charge in [-0.1, -0.05) is 46.0 Å². The summed E-state index contributed by atoms with van der Waals surface area (Å²) in [5.41, 5.74) is 1.53. The van der Waals surface area contributed by atoms with Gasteiger partial charge in [0.2, 0.25) is 0 Å². The lowest BCUT2D eigenvalue weighted by Crippen LogP contribution is -2.27. The van der Waals surface area contributed by atoms with Crippen molar-refractivity contribution in [2.24, 2.45) is 0 Å². The third kappa shape index (κ3) is 3.73. The monoisotopic (exact) mass is 435 g/mol. The average molecular weight is 436 g/mol. The zero-order valence-electron chi connectivity index (χ0n) is 13.5. The minimum atomic E-state index is -0.147. The summed E-state index contributed by atoms with van der Waals surface area (Å²) >= 11 is 10.1. The highest BCUT2D eigenvalue weighted by Gasteiger charge is 2.33. The van der Waals surface area contributed by atoms with Crippen molar-refractivity contribution in [3.8, 4) is 11.5 Å². The van der Waals surface area contributed by atoms with Crippen LogP contribution < -0.4 is 14.4 Å². The molecular formula is C18H14BrNO3S2. The van der Waals surface area contributed by atoms with Gasteiger partial charge in [0.05, 0.1) is 24.8 Å². The summed E-state index contributed by atoms with van der Waals surface area (Å²) in [6.07, 6.45) is 1.79. The van der Waals surface area contributed by atoms with E-state index in [2.05, 4.69) is 15.9 Å². The molecule has 2 aromatic rings. The highest BCUT2D eigenvalue weighted by atomic mass is 79.9. The van der Waals surface area contributed by atoms with Gasteiger partial charge in [-0.3, -0.25) is 9.69 Å². The molecule has 1 saturated heterocycles. The van der Waals surface area contributed by atoms with Crippen molar-refractivity contribution in [1.29, 1.82) is 0 Å². The Morgan fingerprint density at radius 3 is 2.64 bits per heavy atom. The lowest BCUT2D eigenvalue weighted by molar-refractivity contribution is -0.113. The number of halogens is 1. The number of thioether (sulfide) groups is 1. The second-order valence-electron chi connectivity index (χ2n) is 5.10. The van der Waals surface area contributed by atoms with Crippen LogP contribution in [0.5, 0.6) is 11.5 Å². The van der Waals surface area contributed by atoms with E-state index in [0.29, 0.717) is 20.7 Å². The Morgan fingerprint density at radius 2 is 1.96 bits per heavy atom. The quantitative estimate of drug-likeness (QED) is 0.505. The lowest BCUT2D eigenvalue weighted by atomic mass is 10.1. The number of methoxy groups -OCH3 is 2. The molecular weight excluding hydrogens is 422 g/mol. The number of benzene rings is 2. The first-order chi connectivity index (χ1) is 12.0. The highest BCUT2D eigenvalue weighted by Crippen LogP contribution is 2.38. The number of amides is 1. The van der Waals surface area contributed by atoms with E-state index in [9.17, 15) is 4.79 Å². The maximum atomic E-state index is 12.8. The molecule has 7 heteroatoms. The molecule has 2 aromatic carbocycles. The Labute approximate surface area is 163 Å². The normalized spacial score (nSPS) is 15.8. The minimum Gasteiger partial charge on any atom is -0.497 e. The number of hydrogen-bond acceptors (Lipinski definition) is 5. The molecule has 0 aliphatic carbocycles. The van der Waals surface area contributed by atoms with Gasteiger partial charge in [0.1, 0.15) is 11.5 Å². The summed E-state index contributed by atoms with van der Waals surface area (Å²) in [6, 6.07) is 12.9. The van der Waals surface area contributed by atoms with Gasteiger partial charge >= 0.3 is 0 Å². The molecule has 128 valence electrons. The van der Waals surface area contributed by atoms with E-state index in [4.69, 9.17) is 21.7 Å². The maximum Gasteiger partial charge on any atom is 0.270 e. The number of carbonyl (C=O) groups excluding carboxylic acids is 1. The van der Waals surface area contributed by atoms with Crippen molar-refractivity contribution in [2.75, 3.05) is 19.1 Å². The van der Waals surface area contributed by atoms with E-state index >= 15 is 0 Å². The predicted molar refractivity (Wildman–Crippen MR) is 109 cm³/mol. The van der Waals surface area contributed by atoms with Gasteiger partial charge in [0.15, 0.2) is 4.32 Å². The third-order valence-electron chi connectivity index (χ3n) is 3.59. The predicted octanol–water partition coefficient (Wildman–Crippen LogP) is 4.87. The molecule has 0 unspecified atom stereocenters. The van der Waals surface area contributed by atoms with Crippen LogP contribution in [0.4, 0.5) is 5.69 Å². The number of ether oxygens (including phenoxy) is 2. The maximum absolute atomic E-state index is 12.8. The first-order valence-corrected chi connectivity index (χ1v) is 9.31. The van der Waals surface area contributed by atoms with Gasteiger partial charge in [-0.05, 0) is 36.4 Å². The van der Waals surface area contributed by atoms with Gasteiger partial charge in [-0.2, -0.15) is 0 Å². The molecule has 0 radical (unpaired) electrons. The van der Waals surface area contributed by atoms with E-state index in [1.54, 1.807) is 26.4 Å². The van der Waals surface area contributed by atoms with Crippen LogP contribution in [0.15, 0.2) is 51.8 Å². The van der Waals surface area contributed by atoms with Gasteiger partial charge in [0.25, 0.3) is 5.91 Å². The average Bonchev–Trinajstić information content (AvgIpc) is 2.88. The van der Waals surface area contributed by atoms with Gasteiger partial charge in [-0.15, -0.1) is 0 Å². The summed E-state index contributed by atoms with van der Waals surface area (Å²) in [5.74, 6) is 1.17. The first-order valence-electron chi connectivity index (χ1n) is 7.29. The molecule has 1 aliphatic heterocycles. The second kappa shape index (κ2) is 7.59. The first kappa shape index (κ1) is 18.0. The van der Waals surface area contributed by atoms with Crippen LogP contribution in [0.25, 0.3) is 6.08 Å². The van der Waals surface area contributed by atoms with Crippen molar-refractivity contribution >= 4 is 61.9 Å². The lowest BCUT2D eigenvalue weighted by Gasteiger charge is -2.14. The number of carbonyl (C=O) groups is 1. The van der Waals surface area contributed by atoms with Crippen LogP contribution in [0.1, 0.15) is 5.56 Å². The zero-order valence-corrected chi connectivity index (χ0v) is 16.7. The minimum absolute atomic E-state index is 0.147. The summed E-state index contributed by atoms with van der Waals surface area (Å²) in [5, 5.41) is 0. The van der Waals surface area contributed by atoms with Gasteiger partial charge < -0.3 is 9.47 Å². The fourth-order valence-corrected chi connectivity index (χ4v) is 4.06. The van der Waals surface area contributed by atoms with Crippen molar-refractivity contribution in [2.45, 2.75) is 0 Å². The van der Waals surface area contributed by atoms with Gasteiger partial charge in [-0.25, -0.2) is 0 Å². The van der Waals surface area contributed by atoms with Crippen LogP contribution in [0.2, 0.25) is 0 Å². The highest BCUT2D eigenvalue weighted by molar-refractivity contribution is 9.10. The number of rotatable bonds is 4. The number of thiocarbonyl (C=S) groups is 1. The van der Waals surface area contributed by atoms with Crippen LogP contribution >= 0.6 is 39.9 Å². The fraction of sp³-hybridized carbons (Fsp3) is 0.111. The number of nitrogens with zero attached hydrogens (tertiary/aromatic N) is 1. The number of hydrogen-bond donors (Lipinski definition) is 0. The topological polar surface area (TPSA) is 38.8 Å². The van der Waals surface area contributed by atoms with Crippen molar-refractivity contribution < 1.29 is 14.3 Å². The van der Waals surface area contributed by atoms with Crippen LogP contribution in [-0.2, 0) is 4.79 Å². The summed E-state index contributed by atoms with van der Waals surface area (Å²) in [4.78, 5) is 14.9. The zero-order chi connectivity index (χ0) is 18.0. The van der Waals surface area contributed by atoms with Crippen molar-refractivity contribution in [1.82, 2.24) is 0 Å². The molecule has 1 heterocycles. The molecule has 0 bridgehead atoms. The summed E-state index contributed by atoms with van der Waals surface area (Å²) < 4.78 is 12.0. The molecule has 0 N–H and O–H groups in total. The summed E-state index contributed by atoms with van der Waals surface area (Å²) in [6.45, 7) is 0. The molecule has 0 atom stereocenters. The number of anilines is 1. The molecule has 0 spiro atoms. The SMILES string of the molecule is COc1ccc(/C=C2/SC(=S)N(c3cccc(Br)c3)C2=O)c(OC)c1. The molecule has 1 fully saturated rings. The van der Waals surface area contributed by atoms with E-state index in [-0.39, 0.29) is 5.91 Å². The molecule has 1 aliphatic rings. The Balaban J connectivity index is 1.96. The largest absolute Gasteiger partial charge is 0.497 e. The van der Waals surface area contributed by atoms with E-state index in [1.807, 2.05) is 36.4 Å². The molecule has 1 amide bonds. The Bertz CT molecular complexity index is 882. The molecule has 25 heavy (non-hydrogen) atoms. The van der Waals surface area contributed by atoms with Crippen LogP contribution in [-0.4, -0.2) is 24.4 Å². The Morgan fingerprint density at radius 1 is 1.16 bits per heavy atom. The van der Waals surface area contributed by atoms with Crippen LogP contribution in [0.3, 0.4) is 0 Å². The van der Waals surface area contributed by atoms with E-state index in [0.717, 1.165) is 15.7 Å². The Kier molecular flexibility index (Phi) is 5.46. The van der Waals surface area contributed by atoms with Gasteiger partial charge in [0, 0.05) is 16.1 Å². The molecule has 4 nitrogen and oxygen atoms in total. The molecule has 0 saturated carbocycles. The second-order valence-corrected chi connectivity index (χ2v) is 7.70. The smallest absolute Gasteiger partial charge is 0.270 e. The van der Waals surface area contributed by atoms with Crippen molar-refractivity contribution in [3.63, 3.8) is 0 Å². The third-order valence-corrected chi connectivity index (χ3v) is 5.38. The standard InChI is InChI=1S/C18H14BrNO3S2/c1-22-14-7-6-11(15(10-14)23-2)8-16-17(21)20(18(24)25-16)13-5-3-4-12(19)9-13/h3-10H,1-2H3/b16-8+. The van der Waals surface area contributed by atoms with E-state index in [1.165, 1.54) is 16.7 Å². The van der Waals surface area contributed by atoms with Crippen molar-refractivity contribution in [3.05, 3.63) is 57.4 Å².